The highest BCUT2D eigenvalue weighted by Crippen LogP contribution is 2.31. The lowest BCUT2D eigenvalue weighted by Crippen LogP contribution is -2.28. The SMILES string of the molecule is O=C(CCCc1c(-c2ccccn2)[nH]c2ccccc12)N1CCc2ccccc21. The highest BCUT2D eigenvalue weighted by molar-refractivity contribution is 5.95. The number of carbonyl (C=O) groups excluding carboxylic acids is 1. The second-order valence-corrected chi connectivity index (χ2v) is 7.52. The number of nitrogens with zero attached hydrogens (tertiary/aromatic N) is 2. The van der Waals surface area contributed by atoms with Crippen molar-refractivity contribution in [3.8, 4) is 11.4 Å². The molecule has 0 aliphatic carbocycles. The van der Waals surface area contributed by atoms with Gasteiger partial charge in [0.15, 0.2) is 0 Å². The van der Waals surface area contributed by atoms with Gasteiger partial charge in [0.25, 0.3) is 0 Å². The summed E-state index contributed by atoms with van der Waals surface area (Å²) in [4.78, 5) is 22.9. The molecule has 144 valence electrons. The van der Waals surface area contributed by atoms with Crippen LogP contribution in [-0.4, -0.2) is 22.4 Å². The smallest absolute Gasteiger partial charge is 0.227 e. The molecular formula is C25H23N3O. The van der Waals surface area contributed by atoms with E-state index in [2.05, 4.69) is 40.3 Å². The Bertz CT molecular complexity index is 1160. The third-order valence-electron chi connectivity index (χ3n) is 5.74. The van der Waals surface area contributed by atoms with Crippen LogP contribution in [0.2, 0.25) is 0 Å². The first kappa shape index (κ1) is 17.7. The van der Waals surface area contributed by atoms with Crippen molar-refractivity contribution in [2.45, 2.75) is 25.7 Å². The predicted molar refractivity (Wildman–Crippen MR) is 117 cm³/mol. The number of aromatic amines is 1. The molecule has 4 nitrogen and oxygen atoms in total. The summed E-state index contributed by atoms with van der Waals surface area (Å²) in [5, 5.41) is 1.21. The zero-order valence-corrected chi connectivity index (χ0v) is 16.3. The van der Waals surface area contributed by atoms with Gasteiger partial charge in [-0.25, -0.2) is 0 Å². The van der Waals surface area contributed by atoms with E-state index in [-0.39, 0.29) is 5.91 Å². The van der Waals surface area contributed by atoms with Crippen molar-refractivity contribution >= 4 is 22.5 Å². The van der Waals surface area contributed by atoms with E-state index < -0.39 is 0 Å². The molecule has 2 aromatic heterocycles. The molecule has 2 aromatic carbocycles. The number of pyridine rings is 1. The molecule has 3 heterocycles. The monoisotopic (exact) mass is 381 g/mol. The Morgan fingerprint density at radius 2 is 1.83 bits per heavy atom. The van der Waals surface area contributed by atoms with E-state index in [4.69, 9.17) is 0 Å². The van der Waals surface area contributed by atoms with Crippen molar-refractivity contribution < 1.29 is 4.79 Å². The lowest BCUT2D eigenvalue weighted by Gasteiger charge is -2.17. The normalized spacial score (nSPS) is 13.0. The number of carbonyl (C=O) groups is 1. The summed E-state index contributed by atoms with van der Waals surface area (Å²) in [6.07, 6.45) is 4.99. The topological polar surface area (TPSA) is 49.0 Å². The summed E-state index contributed by atoms with van der Waals surface area (Å²) in [5.74, 6) is 0.217. The van der Waals surface area contributed by atoms with Crippen molar-refractivity contribution in [1.29, 1.82) is 0 Å². The first-order chi connectivity index (χ1) is 14.3. The molecule has 0 radical (unpaired) electrons. The molecule has 0 bridgehead atoms. The molecule has 4 aromatic rings. The maximum atomic E-state index is 12.9. The standard InChI is InChI=1S/C25H23N3O/c29-24(28-17-15-18-8-1-4-13-23(18)28)14-7-10-20-19-9-2-3-11-21(19)27-25(20)22-12-5-6-16-26-22/h1-6,8-9,11-13,16,27H,7,10,14-15,17H2. The summed E-state index contributed by atoms with van der Waals surface area (Å²) < 4.78 is 0. The second kappa shape index (κ2) is 7.55. The number of hydrogen-bond donors (Lipinski definition) is 1. The van der Waals surface area contributed by atoms with E-state index in [9.17, 15) is 4.79 Å². The Balaban J connectivity index is 1.35. The summed E-state index contributed by atoms with van der Waals surface area (Å²) >= 11 is 0. The quantitative estimate of drug-likeness (QED) is 0.520. The summed E-state index contributed by atoms with van der Waals surface area (Å²) in [5.41, 5.74) is 6.72. The number of benzene rings is 2. The molecule has 1 N–H and O–H groups in total. The number of aryl methyl sites for hydroxylation is 1. The summed E-state index contributed by atoms with van der Waals surface area (Å²) in [6.45, 7) is 0.796. The van der Waals surface area contributed by atoms with Crippen LogP contribution in [0.4, 0.5) is 5.69 Å². The average Bonchev–Trinajstić information content (AvgIpc) is 3.36. The number of amides is 1. The Kier molecular flexibility index (Phi) is 4.60. The van der Waals surface area contributed by atoms with E-state index in [1.165, 1.54) is 16.5 Å². The molecule has 29 heavy (non-hydrogen) atoms. The predicted octanol–water partition coefficient (Wildman–Crippen LogP) is 5.14. The van der Waals surface area contributed by atoms with Gasteiger partial charge >= 0.3 is 0 Å². The van der Waals surface area contributed by atoms with Gasteiger partial charge in [0, 0.05) is 35.8 Å². The molecule has 0 spiro atoms. The zero-order chi connectivity index (χ0) is 19.6. The molecule has 0 atom stereocenters. The van der Waals surface area contributed by atoms with Gasteiger partial charge < -0.3 is 9.88 Å². The molecule has 4 heteroatoms. The van der Waals surface area contributed by atoms with Crippen LogP contribution >= 0.6 is 0 Å². The number of nitrogens with one attached hydrogen (secondary N) is 1. The van der Waals surface area contributed by atoms with Crippen LogP contribution in [0.5, 0.6) is 0 Å². The van der Waals surface area contributed by atoms with Crippen LogP contribution < -0.4 is 4.90 Å². The van der Waals surface area contributed by atoms with E-state index >= 15 is 0 Å². The van der Waals surface area contributed by atoms with Crippen LogP contribution in [-0.2, 0) is 17.6 Å². The van der Waals surface area contributed by atoms with Gasteiger partial charge in [-0.15, -0.1) is 0 Å². The number of H-pyrrole nitrogens is 1. The molecule has 1 amide bonds. The van der Waals surface area contributed by atoms with Crippen molar-refractivity contribution in [1.82, 2.24) is 9.97 Å². The fourth-order valence-corrected chi connectivity index (χ4v) is 4.34. The zero-order valence-electron chi connectivity index (χ0n) is 16.3. The van der Waals surface area contributed by atoms with Gasteiger partial charge in [0.1, 0.15) is 0 Å². The Morgan fingerprint density at radius 1 is 1.00 bits per heavy atom. The molecular weight excluding hydrogens is 358 g/mol. The number of hydrogen-bond acceptors (Lipinski definition) is 2. The summed E-state index contributed by atoms with van der Waals surface area (Å²) in [6, 6.07) is 22.5. The van der Waals surface area contributed by atoms with Crippen LogP contribution in [0.3, 0.4) is 0 Å². The van der Waals surface area contributed by atoms with Crippen LogP contribution in [0.1, 0.15) is 24.0 Å². The first-order valence-corrected chi connectivity index (χ1v) is 10.2. The number of anilines is 1. The minimum atomic E-state index is 0.217. The van der Waals surface area contributed by atoms with Crippen LogP contribution in [0, 0.1) is 0 Å². The van der Waals surface area contributed by atoms with Crippen molar-refractivity contribution in [2.24, 2.45) is 0 Å². The number of fused-ring (bicyclic) bond motifs is 2. The molecule has 1 aliphatic heterocycles. The molecule has 5 rings (SSSR count). The number of aromatic nitrogens is 2. The van der Waals surface area contributed by atoms with E-state index in [0.29, 0.717) is 6.42 Å². The molecule has 0 unspecified atom stereocenters. The van der Waals surface area contributed by atoms with Gasteiger partial charge in [-0.3, -0.25) is 9.78 Å². The van der Waals surface area contributed by atoms with E-state index in [1.54, 1.807) is 0 Å². The van der Waals surface area contributed by atoms with Gasteiger partial charge in [0.05, 0.1) is 11.4 Å². The fraction of sp³-hybridized carbons (Fsp3) is 0.200. The minimum absolute atomic E-state index is 0.217. The van der Waals surface area contributed by atoms with Crippen LogP contribution in [0.25, 0.3) is 22.3 Å². The Labute approximate surface area is 170 Å². The van der Waals surface area contributed by atoms with Crippen molar-refractivity contribution in [3.63, 3.8) is 0 Å². The van der Waals surface area contributed by atoms with Crippen molar-refractivity contribution in [2.75, 3.05) is 11.4 Å². The fourth-order valence-electron chi connectivity index (χ4n) is 4.34. The van der Waals surface area contributed by atoms with Gasteiger partial charge in [-0.05, 0) is 54.7 Å². The average molecular weight is 381 g/mol. The highest BCUT2D eigenvalue weighted by atomic mass is 16.2. The lowest BCUT2D eigenvalue weighted by atomic mass is 10.0. The molecule has 0 fully saturated rings. The Morgan fingerprint density at radius 3 is 2.72 bits per heavy atom. The summed E-state index contributed by atoms with van der Waals surface area (Å²) in [7, 11) is 0. The van der Waals surface area contributed by atoms with Gasteiger partial charge in [0.2, 0.25) is 5.91 Å². The van der Waals surface area contributed by atoms with E-state index in [1.807, 2.05) is 47.5 Å². The number of rotatable bonds is 5. The molecule has 0 saturated heterocycles. The maximum Gasteiger partial charge on any atom is 0.227 e. The highest BCUT2D eigenvalue weighted by Gasteiger charge is 2.24. The maximum absolute atomic E-state index is 12.9. The third-order valence-corrected chi connectivity index (χ3v) is 5.74. The first-order valence-electron chi connectivity index (χ1n) is 10.2. The van der Waals surface area contributed by atoms with Gasteiger partial charge in [-0.2, -0.15) is 0 Å². The second-order valence-electron chi connectivity index (χ2n) is 7.52. The van der Waals surface area contributed by atoms with E-state index in [0.717, 1.165) is 48.4 Å². The minimum Gasteiger partial charge on any atom is -0.353 e. The molecule has 1 aliphatic rings. The van der Waals surface area contributed by atoms with Gasteiger partial charge in [-0.1, -0.05) is 42.5 Å². The number of para-hydroxylation sites is 2. The lowest BCUT2D eigenvalue weighted by molar-refractivity contribution is -0.118. The third kappa shape index (κ3) is 3.31. The van der Waals surface area contributed by atoms with Crippen LogP contribution in [0.15, 0.2) is 72.9 Å². The largest absolute Gasteiger partial charge is 0.353 e. The van der Waals surface area contributed by atoms with Crippen molar-refractivity contribution in [3.05, 3.63) is 84.1 Å². The molecule has 0 saturated carbocycles. The Hall–Kier alpha value is -3.40.